The number of imide groups is 1. The van der Waals surface area contributed by atoms with Crippen LogP contribution in [-0.2, 0) is 24.9 Å². The first-order chi connectivity index (χ1) is 9.48. The first-order valence-electron chi connectivity index (χ1n) is 6.43. The Morgan fingerprint density at radius 1 is 1.05 bits per heavy atom. The maximum Gasteiger partial charge on any atom is 0.323 e. The van der Waals surface area contributed by atoms with Gasteiger partial charge < -0.3 is 5.32 Å². The zero-order valence-corrected chi connectivity index (χ0v) is 13.2. The molecule has 0 bridgehead atoms. The van der Waals surface area contributed by atoms with E-state index in [-0.39, 0.29) is 11.0 Å². The molecule has 1 atom stereocenters. The van der Waals surface area contributed by atoms with E-state index in [1.54, 1.807) is 24.3 Å². The molecule has 0 spiro atoms. The van der Waals surface area contributed by atoms with Crippen molar-refractivity contribution >= 4 is 21.8 Å². The van der Waals surface area contributed by atoms with Crippen LogP contribution >= 0.6 is 0 Å². The molecule has 1 aliphatic rings. The van der Waals surface area contributed by atoms with Crippen molar-refractivity contribution in [2.75, 3.05) is 6.26 Å². The summed E-state index contributed by atoms with van der Waals surface area (Å²) in [5.41, 5.74) is 1.12. The van der Waals surface area contributed by atoms with Crippen molar-refractivity contribution < 1.29 is 18.0 Å². The van der Waals surface area contributed by atoms with E-state index in [9.17, 15) is 18.0 Å². The molecular weight excluding hydrogens is 292 g/mol. The Bertz CT molecular complexity index is 701. The van der Waals surface area contributed by atoms with Crippen LogP contribution in [0.2, 0.25) is 0 Å². The average molecular weight is 310 g/mol. The lowest BCUT2D eigenvalue weighted by molar-refractivity contribution is -0.121. The third-order valence-electron chi connectivity index (χ3n) is 3.55. The van der Waals surface area contributed by atoms with E-state index in [1.165, 1.54) is 0 Å². The summed E-state index contributed by atoms with van der Waals surface area (Å²) in [4.78, 5) is 21.4. The Balaban J connectivity index is 2.60. The van der Waals surface area contributed by atoms with Gasteiger partial charge in [-0.15, -0.1) is 0 Å². The molecule has 1 aliphatic heterocycles. The Hall–Kier alpha value is -1.89. The molecule has 1 unspecified atom stereocenters. The number of rotatable bonds is 2. The van der Waals surface area contributed by atoms with E-state index in [1.807, 2.05) is 26.1 Å². The summed E-state index contributed by atoms with van der Waals surface area (Å²) < 4.78 is 24.2. The molecular formula is C14H18N2O4S. The number of hydrogen-bond acceptors (Lipinski definition) is 4. The highest BCUT2D eigenvalue weighted by Gasteiger charge is 2.56. The monoisotopic (exact) mass is 310 g/mol. The molecule has 3 amide bonds. The second-order valence-electron chi connectivity index (χ2n) is 6.19. The molecule has 0 aliphatic carbocycles. The van der Waals surface area contributed by atoms with E-state index in [4.69, 9.17) is 0 Å². The molecule has 1 heterocycles. The zero-order valence-electron chi connectivity index (χ0n) is 12.4. The number of amides is 3. The maximum absolute atomic E-state index is 12.1. The smallest absolute Gasteiger partial charge is 0.307 e. The summed E-state index contributed by atoms with van der Waals surface area (Å²) in [6.07, 6.45) is 0.926. The van der Waals surface area contributed by atoms with Gasteiger partial charge in [-0.3, -0.25) is 10.1 Å². The highest BCUT2D eigenvalue weighted by atomic mass is 32.2. The van der Waals surface area contributed by atoms with E-state index in [0.717, 1.165) is 11.8 Å². The van der Waals surface area contributed by atoms with Gasteiger partial charge in [0.1, 0.15) is 0 Å². The lowest BCUT2D eigenvalue weighted by Gasteiger charge is -2.26. The quantitative estimate of drug-likeness (QED) is 0.798. The SMILES string of the molecule is CC(C)(C)c1ccc(C2(S(C)(=O)=O)NC(=O)NC2=O)cc1. The number of sulfone groups is 1. The largest absolute Gasteiger partial charge is 0.323 e. The fraction of sp³-hybridized carbons (Fsp3) is 0.429. The summed E-state index contributed by atoms with van der Waals surface area (Å²) in [6, 6.07) is 5.84. The van der Waals surface area contributed by atoms with Crippen LogP contribution in [0.5, 0.6) is 0 Å². The van der Waals surface area contributed by atoms with Crippen LogP contribution in [0.15, 0.2) is 24.3 Å². The molecule has 6 nitrogen and oxygen atoms in total. The van der Waals surface area contributed by atoms with Crippen LogP contribution in [0, 0.1) is 0 Å². The average Bonchev–Trinajstić information content (AvgIpc) is 2.64. The topological polar surface area (TPSA) is 92.3 Å². The molecule has 0 radical (unpaired) electrons. The fourth-order valence-corrected chi connectivity index (χ4v) is 3.55. The summed E-state index contributed by atoms with van der Waals surface area (Å²) in [5, 5.41) is 4.23. The number of hydrogen-bond donors (Lipinski definition) is 2. The Labute approximate surface area is 123 Å². The second kappa shape index (κ2) is 4.56. The summed E-state index contributed by atoms with van der Waals surface area (Å²) in [7, 11) is -3.89. The van der Waals surface area contributed by atoms with E-state index >= 15 is 0 Å². The minimum atomic E-state index is -3.89. The minimum absolute atomic E-state index is 0.0992. The van der Waals surface area contributed by atoms with Gasteiger partial charge >= 0.3 is 6.03 Å². The number of urea groups is 1. The Morgan fingerprint density at radius 3 is 1.90 bits per heavy atom. The molecule has 7 heteroatoms. The lowest BCUT2D eigenvalue weighted by Crippen LogP contribution is -2.50. The first kappa shape index (κ1) is 15.5. The van der Waals surface area contributed by atoms with Gasteiger partial charge in [-0.05, 0) is 11.0 Å². The van der Waals surface area contributed by atoms with Crippen LogP contribution in [0.4, 0.5) is 4.79 Å². The standard InChI is InChI=1S/C14H18N2O4S/c1-13(2,3)9-5-7-10(8-6-9)14(21(4,19)20)11(17)15-12(18)16-14/h5-8H,1-4H3,(H2,15,16,17,18). The van der Waals surface area contributed by atoms with Gasteiger partial charge in [-0.25, -0.2) is 13.2 Å². The van der Waals surface area contributed by atoms with Crippen LogP contribution in [-0.4, -0.2) is 26.6 Å². The fourth-order valence-electron chi connectivity index (χ4n) is 2.32. The van der Waals surface area contributed by atoms with Gasteiger partial charge in [0.15, 0.2) is 9.84 Å². The third kappa shape index (κ3) is 2.42. The second-order valence-corrected chi connectivity index (χ2v) is 8.35. The Kier molecular flexibility index (Phi) is 3.36. The molecule has 0 aromatic heterocycles. The van der Waals surface area contributed by atoms with Gasteiger partial charge in [-0.2, -0.15) is 0 Å². The van der Waals surface area contributed by atoms with Gasteiger partial charge in [0.2, 0.25) is 4.87 Å². The maximum atomic E-state index is 12.1. The van der Waals surface area contributed by atoms with Crippen LogP contribution in [0.3, 0.4) is 0 Å². The van der Waals surface area contributed by atoms with Crippen molar-refractivity contribution in [3.8, 4) is 0 Å². The minimum Gasteiger partial charge on any atom is -0.307 e. The predicted molar refractivity (Wildman–Crippen MR) is 78.3 cm³/mol. The lowest BCUT2D eigenvalue weighted by atomic mass is 9.86. The van der Waals surface area contributed by atoms with Crippen molar-refractivity contribution in [3.63, 3.8) is 0 Å². The highest BCUT2D eigenvalue weighted by Crippen LogP contribution is 2.32. The number of carbonyl (C=O) groups excluding carboxylic acids is 2. The van der Waals surface area contributed by atoms with Crippen LogP contribution in [0.25, 0.3) is 0 Å². The third-order valence-corrected chi connectivity index (χ3v) is 5.19. The van der Waals surface area contributed by atoms with Gasteiger partial charge in [-0.1, -0.05) is 45.0 Å². The first-order valence-corrected chi connectivity index (χ1v) is 8.32. The van der Waals surface area contributed by atoms with Gasteiger partial charge in [0.05, 0.1) is 0 Å². The predicted octanol–water partition coefficient (Wildman–Crippen LogP) is 1.02. The normalized spacial score (nSPS) is 22.9. The van der Waals surface area contributed by atoms with E-state index < -0.39 is 26.6 Å². The van der Waals surface area contributed by atoms with E-state index in [0.29, 0.717) is 0 Å². The van der Waals surface area contributed by atoms with Crippen molar-refractivity contribution in [2.45, 2.75) is 31.1 Å². The molecule has 1 aromatic carbocycles. The molecule has 114 valence electrons. The number of nitrogens with one attached hydrogen (secondary N) is 2. The molecule has 1 fully saturated rings. The van der Waals surface area contributed by atoms with Crippen molar-refractivity contribution in [1.82, 2.24) is 10.6 Å². The molecule has 1 saturated heterocycles. The van der Waals surface area contributed by atoms with Gasteiger partial charge in [0, 0.05) is 11.8 Å². The Morgan fingerprint density at radius 2 is 1.57 bits per heavy atom. The van der Waals surface area contributed by atoms with Crippen molar-refractivity contribution in [1.29, 1.82) is 0 Å². The summed E-state index contributed by atoms with van der Waals surface area (Å²) in [6.45, 7) is 6.08. The molecule has 2 rings (SSSR count). The molecule has 1 aromatic rings. The highest BCUT2D eigenvalue weighted by molar-refractivity contribution is 7.92. The van der Waals surface area contributed by atoms with Crippen molar-refractivity contribution in [3.05, 3.63) is 35.4 Å². The molecule has 2 N–H and O–H groups in total. The number of carbonyl (C=O) groups is 2. The summed E-state index contributed by atoms with van der Waals surface area (Å²) in [5.74, 6) is -0.876. The molecule has 0 saturated carbocycles. The summed E-state index contributed by atoms with van der Waals surface area (Å²) >= 11 is 0. The molecule has 21 heavy (non-hydrogen) atoms. The van der Waals surface area contributed by atoms with Crippen molar-refractivity contribution in [2.24, 2.45) is 0 Å². The van der Waals surface area contributed by atoms with E-state index in [2.05, 4.69) is 5.32 Å². The number of benzene rings is 1. The van der Waals surface area contributed by atoms with Gasteiger partial charge in [0.25, 0.3) is 5.91 Å². The van der Waals surface area contributed by atoms with Crippen LogP contribution < -0.4 is 10.6 Å². The zero-order chi connectivity index (χ0) is 16.1. The van der Waals surface area contributed by atoms with Crippen LogP contribution in [0.1, 0.15) is 31.9 Å².